The number of likely N-dealkylation sites (tertiary alicyclic amines) is 1. The first-order chi connectivity index (χ1) is 9.47. The lowest BCUT2D eigenvalue weighted by molar-refractivity contribution is 0.0742. The lowest BCUT2D eigenvalue weighted by Gasteiger charge is -2.31. The van der Waals surface area contributed by atoms with E-state index in [0.717, 1.165) is 32.0 Å². The summed E-state index contributed by atoms with van der Waals surface area (Å²) in [7, 11) is 3.80. The van der Waals surface area contributed by atoms with Crippen molar-refractivity contribution in [3.8, 4) is 5.75 Å². The van der Waals surface area contributed by atoms with Crippen LogP contribution in [0.4, 0.5) is 4.39 Å². The highest BCUT2D eigenvalue weighted by Crippen LogP contribution is 2.20. The molecular weight excluding hydrogens is 259 g/mol. The first kappa shape index (κ1) is 14.8. The van der Waals surface area contributed by atoms with E-state index in [2.05, 4.69) is 11.9 Å². The predicted octanol–water partition coefficient (Wildman–Crippen LogP) is 1.95. The Bertz CT molecular complexity index is 485. The largest absolute Gasteiger partial charge is 0.508 e. The molecule has 0 radical (unpaired) electrons. The number of piperidine rings is 1. The van der Waals surface area contributed by atoms with Crippen molar-refractivity contribution in [2.45, 2.75) is 12.8 Å². The number of carbonyl (C=O) groups excluding carboxylic acids is 1. The van der Waals surface area contributed by atoms with Crippen LogP contribution < -0.4 is 0 Å². The van der Waals surface area contributed by atoms with Crippen LogP contribution in [0.5, 0.6) is 5.75 Å². The third-order valence-corrected chi connectivity index (χ3v) is 3.90. The topological polar surface area (TPSA) is 43.8 Å². The Balaban J connectivity index is 1.98. The second-order valence-corrected chi connectivity index (χ2v) is 5.60. The standard InChI is InChI=1S/C15H21FN2O2/c1-17-7-5-11(6-8-17)10-18(2)15(20)13-4-3-12(19)9-14(13)16/h3-4,9,11,19H,5-8,10H2,1-2H3. The number of nitrogens with zero attached hydrogens (tertiary/aromatic N) is 2. The maximum atomic E-state index is 13.7. The third kappa shape index (κ3) is 3.48. The highest BCUT2D eigenvalue weighted by Gasteiger charge is 2.22. The number of hydrogen-bond acceptors (Lipinski definition) is 3. The summed E-state index contributed by atoms with van der Waals surface area (Å²) in [6.45, 7) is 2.73. The number of rotatable bonds is 3. The summed E-state index contributed by atoms with van der Waals surface area (Å²) in [4.78, 5) is 16.1. The van der Waals surface area contributed by atoms with Gasteiger partial charge in [-0.1, -0.05) is 0 Å². The fourth-order valence-electron chi connectivity index (χ4n) is 2.60. The number of carbonyl (C=O) groups is 1. The lowest BCUT2D eigenvalue weighted by atomic mass is 9.96. The van der Waals surface area contributed by atoms with Crippen LogP contribution >= 0.6 is 0 Å². The van der Waals surface area contributed by atoms with Gasteiger partial charge in [-0.05, 0) is 51.0 Å². The van der Waals surface area contributed by atoms with Crippen LogP contribution in [0.15, 0.2) is 18.2 Å². The Morgan fingerprint density at radius 3 is 2.70 bits per heavy atom. The van der Waals surface area contributed by atoms with E-state index in [4.69, 9.17) is 0 Å². The molecule has 0 saturated carbocycles. The molecule has 1 fully saturated rings. The molecule has 1 N–H and O–H groups in total. The first-order valence-corrected chi connectivity index (χ1v) is 6.90. The summed E-state index contributed by atoms with van der Waals surface area (Å²) in [5.74, 6) is -0.705. The van der Waals surface area contributed by atoms with E-state index >= 15 is 0 Å². The monoisotopic (exact) mass is 280 g/mol. The van der Waals surface area contributed by atoms with Gasteiger partial charge >= 0.3 is 0 Å². The zero-order valence-electron chi connectivity index (χ0n) is 12.0. The zero-order valence-corrected chi connectivity index (χ0v) is 12.0. The van der Waals surface area contributed by atoms with E-state index in [9.17, 15) is 14.3 Å². The van der Waals surface area contributed by atoms with Crippen molar-refractivity contribution in [3.63, 3.8) is 0 Å². The lowest BCUT2D eigenvalue weighted by Crippen LogP contribution is -2.38. The Kier molecular flexibility index (Phi) is 4.60. The Labute approximate surface area is 118 Å². The number of phenolic OH excluding ortho intramolecular Hbond substituents is 1. The van der Waals surface area contributed by atoms with Crippen LogP contribution in [0.1, 0.15) is 23.2 Å². The van der Waals surface area contributed by atoms with Crippen LogP contribution in [-0.2, 0) is 0 Å². The molecule has 0 bridgehead atoms. The molecule has 1 aliphatic heterocycles. The van der Waals surface area contributed by atoms with E-state index < -0.39 is 5.82 Å². The molecule has 110 valence electrons. The molecule has 0 atom stereocenters. The van der Waals surface area contributed by atoms with E-state index in [1.54, 1.807) is 11.9 Å². The molecular formula is C15H21FN2O2. The van der Waals surface area contributed by atoms with Gasteiger partial charge in [-0.2, -0.15) is 0 Å². The predicted molar refractivity (Wildman–Crippen MR) is 75.2 cm³/mol. The van der Waals surface area contributed by atoms with Gasteiger partial charge in [-0.15, -0.1) is 0 Å². The molecule has 0 unspecified atom stereocenters. The molecule has 0 spiro atoms. The van der Waals surface area contributed by atoms with Crippen molar-refractivity contribution < 1.29 is 14.3 Å². The molecule has 1 saturated heterocycles. The Hall–Kier alpha value is -1.62. The van der Waals surface area contributed by atoms with Gasteiger partial charge in [0.05, 0.1) is 5.56 Å². The fraction of sp³-hybridized carbons (Fsp3) is 0.533. The Morgan fingerprint density at radius 2 is 2.10 bits per heavy atom. The summed E-state index contributed by atoms with van der Waals surface area (Å²) in [6, 6.07) is 3.63. The van der Waals surface area contributed by atoms with E-state index in [0.29, 0.717) is 12.5 Å². The average molecular weight is 280 g/mol. The molecule has 1 heterocycles. The molecule has 1 aliphatic rings. The van der Waals surface area contributed by atoms with Crippen LogP contribution in [0.25, 0.3) is 0 Å². The summed E-state index contributed by atoms with van der Waals surface area (Å²) >= 11 is 0. The fourth-order valence-corrected chi connectivity index (χ4v) is 2.60. The maximum Gasteiger partial charge on any atom is 0.256 e. The van der Waals surface area contributed by atoms with Crippen LogP contribution in [0.3, 0.4) is 0 Å². The second-order valence-electron chi connectivity index (χ2n) is 5.60. The number of halogens is 1. The van der Waals surface area contributed by atoms with Crippen molar-refractivity contribution in [2.75, 3.05) is 33.7 Å². The minimum Gasteiger partial charge on any atom is -0.508 e. The van der Waals surface area contributed by atoms with Gasteiger partial charge in [0, 0.05) is 19.7 Å². The number of amides is 1. The first-order valence-electron chi connectivity index (χ1n) is 6.90. The number of benzene rings is 1. The van der Waals surface area contributed by atoms with E-state index in [-0.39, 0.29) is 17.2 Å². The van der Waals surface area contributed by atoms with Crippen molar-refractivity contribution in [3.05, 3.63) is 29.6 Å². The van der Waals surface area contributed by atoms with E-state index in [1.807, 2.05) is 0 Å². The smallest absolute Gasteiger partial charge is 0.256 e. The van der Waals surface area contributed by atoms with Crippen LogP contribution in [0.2, 0.25) is 0 Å². The van der Waals surface area contributed by atoms with Crippen molar-refractivity contribution in [1.29, 1.82) is 0 Å². The summed E-state index contributed by atoms with van der Waals surface area (Å²) in [5, 5.41) is 9.17. The number of phenols is 1. The van der Waals surface area contributed by atoms with Crippen molar-refractivity contribution >= 4 is 5.91 Å². The number of hydrogen-bond donors (Lipinski definition) is 1. The Morgan fingerprint density at radius 1 is 1.45 bits per heavy atom. The summed E-state index contributed by atoms with van der Waals surface area (Å²) in [5.41, 5.74) is 0.0122. The molecule has 1 aromatic rings. The van der Waals surface area contributed by atoms with Gasteiger partial charge in [0.2, 0.25) is 0 Å². The highest BCUT2D eigenvalue weighted by atomic mass is 19.1. The maximum absolute atomic E-state index is 13.7. The van der Waals surface area contributed by atoms with E-state index in [1.165, 1.54) is 12.1 Å². The highest BCUT2D eigenvalue weighted by molar-refractivity contribution is 5.94. The van der Waals surface area contributed by atoms with Gasteiger partial charge in [-0.3, -0.25) is 4.79 Å². The summed E-state index contributed by atoms with van der Waals surface area (Å²) in [6.07, 6.45) is 2.12. The molecule has 2 rings (SSSR count). The minimum absolute atomic E-state index is 0.0122. The SMILES string of the molecule is CN1CCC(CN(C)C(=O)c2ccc(O)cc2F)CC1. The van der Waals surface area contributed by atoms with Crippen molar-refractivity contribution in [1.82, 2.24) is 9.80 Å². The van der Waals surface area contributed by atoms with Gasteiger partial charge in [-0.25, -0.2) is 4.39 Å². The molecule has 0 aromatic heterocycles. The molecule has 20 heavy (non-hydrogen) atoms. The minimum atomic E-state index is -0.676. The summed E-state index contributed by atoms with van der Waals surface area (Å²) < 4.78 is 13.7. The van der Waals surface area contributed by atoms with Gasteiger partial charge < -0.3 is 14.9 Å². The van der Waals surface area contributed by atoms with Gasteiger partial charge in [0.15, 0.2) is 0 Å². The normalized spacial score (nSPS) is 17.1. The molecule has 5 heteroatoms. The molecule has 1 amide bonds. The third-order valence-electron chi connectivity index (χ3n) is 3.90. The molecule has 1 aromatic carbocycles. The number of aromatic hydroxyl groups is 1. The zero-order chi connectivity index (χ0) is 14.7. The van der Waals surface area contributed by atoms with Crippen LogP contribution in [-0.4, -0.2) is 54.5 Å². The molecule has 0 aliphatic carbocycles. The average Bonchev–Trinajstić information content (AvgIpc) is 2.40. The van der Waals surface area contributed by atoms with Crippen LogP contribution in [0, 0.1) is 11.7 Å². The quantitative estimate of drug-likeness (QED) is 0.920. The van der Waals surface area contributed by atoms with Crippen molar-refractivity contribution in [2.24, 2.45) is 5.92 Å². The molecule has 4 nitrogen and oxygen atoms in total. The van der Waals surface area contributed by atoms with Gasteiger partial charge in [0.25, 0.3) is 5.91 Å². The second kappa shape index (κ2) is 6.22. The van der Waals surface area contributed by atoms with Gasteiger partial charge in [0.1, 0.15) is 11.6 Å².